The first-order valence-corrected chi connectivity index (χ1v) is 10.8. The van der Waals surface area contributed by atoms with Crippen molar-refractivity contribution in [2.45, 2.75) is 0 Å². The fourth-order valence-corrected chi connectivity index (χ4v) is 3.87. The summed E-state index contributed by atoms with van der Waals surface area (Å²) in [6, 6.07) is 23.2. The van der Waals surface area contributed by atoms with E-state index in [0.717, 1.165) is 45.6 Å². The molecule has 0 spiro atoms. The summed E-state index contributed by atoms with van der Waals surface area (Å²) in [5.41, 5.74) is 5.09. The van der Waals surface area contributed by atoms with Gasteiger partial charge in [0.25, 0.3) is 0 Å². The standard InChI is InChI=1S/C30H24O4/c1-33-29-17-21(19-31)7-9-25(29)15-13-23-11-12-24(28-6-4-3-5-27(23)28)14-16-26-10-8-22(20-32)18-30(26)34-2/h3-20H,1-2H3/b15-13-,16-14-. The Kier molecular flexibility index (Phi) is 6.99. The maximum Gasteiger partial charge on any atom is 0.150 e. The molecule has 0 fully saturated rings. The van der Waals surface area contributed by atoms with Crippen molar-refractivity contribution in [1.82, 2.24) is 0 Å². The average Bonchev–Trinajstić information content (AvgIpc) is 2.90. The molecule has 4 nitrogen and oxygen atoms in total. The Morgan fingerprint density at radius 2 is 0.912 bits per heavy atom. The normalized spacial score (nSPS) is 11.2. The quantitative estimate of drug-likeness (QED) is 0.219. The largest absolute Gasteiger partial charge is 0.496 e. The van der Waals surface area contributed by atoms with Gasteiger partial charge in [-0.3, -0.25) is 9.59 Å². The summed E-state index contributed by atoms with van der Waals surface area (Å²) in [5, 5.41) is 2.24. The minimum absolute atomic E-state index is 0.577. The Bertz CT molecular complexity index is 1310. The Labute approximate surface area is 198 Å². The number of carbonyl (C=O) groups is 2. The smallest absolute Gasteiger partial charge is 0.150 e. The van der Waals surface area contributed by atoms with Gasteiger partial charge in [0.1, 0.15) is 24.1 Å². The summed E-state index contributed by atoms with van der Waals surface area (Å²) >= 11 is 0. The van der Waals surface area contributed by atoms with Crippen LogP contribution in [-0.2, 0) is 0 Å². The van der Waals surface area contributed by atoms with E-state index in [4.69, 9.17) is 9.47 Å². The Balaban J connectivity index is 1.70. The van der Waals surface area contributed by atoms with Gasteiger partial charge in [0, 0.05) is 22.3 Å². The molecule has 0 aliphatic heterocycles. The molecule has 0 saturated heterocycles. The first-order valence-electron chi connectivity index (χ1n) is 10.8. The van der Waals surface area contributed by atoms with Crippen LogP contribution in [0.1, 0.15) is 43.0 Å². The zero-order chi connectivity index (χ0) is 23.9. The van der Waals surface area contributed by atoms with Gasteiger partial charge in [-0.05, 0) is 34.0 Å². The maximum atomic E-state index is 11.1. The van der Waals surface area contributed by atoms with Gasteiger partial charge in [-0.15, -0.1) is 0 Å². The van der Waals surface area contributed by atoms with Crippen LogP contribution in [0.4, 0.5) is 0 Å². The number of methoxy groups -OCH3 is 2. The number of ether oxygens (including phenoxy) is 2. The second-order valence-electron chi connectivity index (χ2n) is 7.69. The Morgan fingerprint density at radius 3 is 1.29 bits per heavy atom. The predicted molar refractivity (Wildman–Crippen MR) is 139 cm³/mol. The second kappa shape index (κ2) is 10.5. The van der Waals surface area contributed by atoms with Crippen molar-refractivity contribution in [2.75, 3.05) is 14.2 Å². The van der Waals surface area contributed by atoms with Crippen LogP contribution in [0.5, 0.6) is 11.5 Å². The van der Waals surface area contributed by atoms with Crippen molar-refractivity contribution in [3.8, 4) is 11.5 Å². The van der Waals surface area contributed by atoms with Crippen molar-refractivity contribution in [1.29, 1.82) is 0 Å². The lowest BCUT2D eigenvalue weighted by Gasteiger charge is -2.09. The van der Waals surface area contributed by atoms with Gasteiger partial charge in [-0.1, -0.05) is 85.0 Å². The Morgan fingerprint density at radius 1 is 0.529 bits per heavy atom. The van der Waals surface area contributed by atoms with Crippen LogP contribution in [0.15, 0.2) is 72.8 Å². The van der Waals surface area contributed by atoms with Crippen molar-refractivity contribution in [3.63, 3.8) is 0 Å². The lowest BCUT2D eigenvalue weighted by molar-refractivity contribution is 0.111. The molecular formula is C30H24O4. The molecule has 34 heavy (non-hydrogen) atoms. The zero-order valence-electron chi connectivity index (χ0n) is 19.0. The van der Waals surface area contributed by atoms with E-state index in [2.05, 4.69) is 36.4 Å². The number of fused-ring (bicyclic) bond motifs is 1. The van der Waals surface area contributed by atoms with Crippen molar-refractivity contribution in [3.05, 3.63) is 106 Å². The van der Waals surface area contributed by atoms with Crippen LogP contribution < -0.4 is 9.47 Å². The maximum absolute atomic E-state index is 11.1. The molecule has 168 valence electrons. The van der Waals surface area contributed by atoms with E-state index in [1.165, 1.54) is 0 Å². The molecule has 4 aromatic carbocycles. The van der Waals surface area contributed by atoms with E-state index in [9.17, 15) is 9.59 Å². The zero-order valence-corrected chi connectivity index (χ0v) is 19.0. The number of carbonyl (C=O) groups excluding carboxylic acids is 2. The molecule has 0 unspecified atom stereocenters. The summed E-state index contributed by atoms with van der Waals surface area (Å²) in [6.45, 7) is 0. The monoisotopic (exact) mass is 448 g/mol. The first kappa shape index (κ1) is 22.7. The van der Waals surface area contributed by atoms with Crippen LogP contribution in [-0.4, -0.2) is 26.8 Å². The molecule has 0 atom stereocenters. The molecule has 0 aliphatic rings. The number of hydrogen-bond donors (Lipinski definition) is 0. The molecule has 0 heterocycles. The highest BCUT2D eigenvalue weighted by atomic mass is 16.5. The summed E-state index contributed by atoms with van der Waals surface area (Å²) in [7, 11) is 3.19. The lowest BCUT2D eigenvalue weighted by atomic mass is 9.97. The summed E-state index contributed by atoms with van der Waals surface area (Å²) in [5.74, 6) is 1.30. The molecule has 0 radical (unpaired) electrons. The third-order valence-electron chi connectivity index (χ3n) is 5.66. The molecule has 0 aliphatic carbocycles. The minimum atomic E-state index is 0.577. The van der Waals surface area contributed by atoms with Crippen molar-refractivity contribution in [2.24, 2.45) is 0 Å². The van der Waals surface area contributed by atoms with E-state index in [-0.39, 0.29) is 0 Å². The van der Waals surface area contributed by atoms with Crippen LogP contribution in [0.3, 0.4) is 0 Å². The van der Waals surface area contributed by atoms with Gasteiger partial charge in [0.2, 0.25) is 0 Å². The van der Waals surface area contributed by atoms with Gasteiger partial charge in [-0.25, -0.2) is 0 Å². The second-order valence-corrected chi connectivity index (χ2v) is 7.69. The van der Waals surface area contributed by atoms with Crippen LogP contribution in [0, 0.1) is 0 Å². The highest BCUT2D eigenvalue weighted by Gasteiger charge is 2.06. The first-order chi connectivity index (χ1) is 16.7. The SMILES string of the molecule is COc1cc(C=O)ccc1/C=C\c1ccc(/C=C\c2ccc(C=O)cc2OC)c2ccccc12. The van der Waals surface area contributed by atoms with E-state index >= 15 is 0 Å². The van der Waals surface area contributed by atoms with Crippen molar-refractivity contribution >= 4 is 47.6 Å². The lowest BCUT2D eigenvalue weighted by Crippen LogP contribution is -1.90. The van der Waals surface area contributed by atoms with Crippen LogP contribution in [0.2, 0.25) is 0 Å². The Hall–Kier alpha value is -4.44. The number of rotatable bonds is 8. The topological polar surface area (TPSA) is 52.6 Å². The molecule has 0 aromatic heterocycles. The molecule has 4 rings (SSSR count). The van der Waals surface area contributed by atoms with E-state index < -0.39 is 0 Å². The van der Waals surface area contributed by atoms with E-state index in [1.54, 1.807) is 38.5 Å². The number of aldehydes is 2. The van der Waals surface area contributed by atoms with E-state index in [1.807, 2.05) is 36.4 Å². The molecule has 0 bridgehead atoms. The molecule has 0 N–H and O–H groups in total. The van der Waals surface area contributed by atoms with Gasteiger partial charge in [-0.2, -0.15) is 0 Å². The minimum Gasteiger partial charge on any atom is -0.496 e. The molecule has 4 heteroatoms. The fourth-order valence-electron chi connectivity index (χ4n) is 3.87. The average molecular weight is 449 g/mol. The summed E-state index contributed by atoms with van der Waals surface area (Å²) < 4.78 is 10.9. The highest BCUT2D eigenvalue weighted by molar-refractivity contribution is 5.99. The van der Waals surface area contributed by atoms with Gasteiger partial charge in [0.15, 0.2) is 0 Å². The third kappa shape index (κ3) is 4.81. The fraction of sp³-hybridized carbons (Fsp3) is 0.0667. The van der Waals surface area contributed by atoms with Gasteiger partial charge < -0.3 is 9.47 Å². The predicted octanol–water partition coefficient (Wildman–Crippen LogP) is 6.82. The van der Waals surface area contributed by atoms with Crippen LogP contribution >= 0.6 is 0 Å². The molecule has 4 aromatic rings. The summed E-state index contributed by atoms with van der Waals surface area (Å²) in [4.78, 5) is 22.1. The van der Waals surface area contributed by atoms with Crippen molar-refractivity contribution < 1.29 is 19.1 Å². The highest BCUT2D eigenvalue weighted by Crippen LogP contribution is 2.29. The summed E-state index contributed by atoms with van der Waals surface area (Å²) in [6.07, 6.45) is 9.70. The van der Waals surface area contributed by atoms with Crippen LogP contribution in [0.25, 0.3) is 35.1 Å². The molecule has 0 amide bonds. The number of benzene rings is 4. The molecule has 0 saturated carbocycles. The number of hydrogen-bond acceptors (Lipinski definition) is 4. The van der Waals surface area contributed by atoms with E-state index in [0.29, 0.717) is 22.6 Å². The van der Waals surface area contributed by atoms with Gasteiger partial charge >= 0.3 is 0 Å². The third-order valence-corrected chi connectivity index (χ3v) is 5.66. The molecular weight excluding hydrogens is 424 g/mol. The van der Waals surface area contributed by atoms with Gasteiger partial charge in [0.05, 0.1) is 14.2 Å².